The zero-order valence-corrected chi connectivity index (χ0v) is 12.9. The van der Waals surface area contributed by atoms with Crippen molar-refractivity contribution < 1.29 is 4.39 Å². The molecule has 1 aromatic heterocycles. The van der Waals surface area contributed by atoms with Gasteiger partial charge >= 0.3 is 0 Å². The van der Waals surface area contributed by atoms with E-state index in [1.54, 1.807) is 6.07 Å². The Kier molecular flexibility index (Phi) is 3.16. The molecule has 1 aliphatic rings. The molecule has 2 aromatic rings. The topological polar surface area (TPSA) is 25.2 Å². The van der Waals surface area contributed by atoms with Crippen molar-refractivity contribution in [3.8, 4) is 0 Å². The molecule has 1 aromatic carbocycles. The van der Waals surface area contributed by atoms with Gasteiger partial charge in [0, 0.05) is 29.4 Å². The number of aromatic nitrogens is 1. The molecule has 0 radical (unpaired) electrons. The van der Waals surface area contributed by atoms with Gasteiger partial charge in [-0.1, -0.05) is 12.1 Å². The summed E-state index contributed by atoms with van der Waals surface area (Å²) in [6, 6.07) is 7.30. The maximum absolute atomic E-state index is 14.2. The maximum atomic E-state index is 14.2. The van der Waals surface area contributed by atoms with Gasteiger partial charge in [-0.2, -0.15) is 0 Å². The van der Waals surface area contributed by atoms with Gasteiger partial charge in [-0.15, -0.1) is 0 Å². The molecule has 0 fully saturated rings. The number of pyridine rings is 1. The quantitative estimate of drug-likeness (QED) is 0.776. The number of halogens is 1. The van der Waals surface area contributed by atoms with E-state index in [1.807, 2.05) is 40.0 Å². The van der Waals surface area contributed by atoms with Crippen LogP contribution < -0.4 is 0 Å². The van der Waals surface area contributed by atoms with Gasteiger partial charge in [-0.05, 0) is 51.0 Å². The summed E-state index contributed by atoms with van der Waals surface area (Å²) < 4.78 is 14.2. The molecule has 3 rings (SSSR count). The highest BCUT2D eigenvalue weighted by atomic mass is 19.1. The van der Waals surface area contributed by atoms with Crippen molar-refractivity contribution >= 4 is 5.71 Å². The maximum Gasteiger partial charge on any atom is 0.127 e. The lowest BCUT2D eigenvalue weighted by atomic mass is 9.84. The second-order valence-corrected chi connectivity index (χ2v) is 6.34. The Morgan fingerprint density at radius 2 is 1.95 bits per heavy atom. The third-order valence-electron chi connectivity index (χ3n) is 4.01. The molecule has 3 heteroatoms. The van der Waals surface area contributed by atoms with E-state index in [0.717, 1.165) is 33.7 Å². The third-order valence-corrected chi connectivity index (χ3v) is 4.01. The molecule has 0 bridgehead atoms. The van der Waals surface area contributed by atoms with Gasteiger partial charge in [-0.25, -0.2) is 4.39 Å². The first-order valence-corrected chi connectivity index (χ1v) is 7.19. The molecule has 0 saturated heterocycles. The summed E-state index contributed by atoms with van der Waals surface area (Å²) in [5.74, 6) is -0.148. The highest BCUT2D eigenvalue weighted by molar-refractivity contribution is 6.14. The second kappa shape index (κ2) is 4.76. The molecule has 0 aliphatic carbocycles. The van der Waals surface area contributed by atoms with Crippen LogP contribution in [0.5, 0.6) is 0 Å². The largest absolute Gasteiger partial charge is 0.278 e. The normalized spacial score (nSPS) is 16.3. The molecule has 0 amide bonds. The van der Waals surface area contributed by atoms with Gasteiger partial charge in [0.1, 0.15) is 5.82 Å². The average molecular weight is 282 g/mol. The van der Waals surface area contributed by atoms with Gasteiger partial charge in [0.2, 0.25) is 0 Å². The number of aryl methyl sites for hydroxylation is 2. The van der Waals surface area contributed by atoms with E-state index < -0.39 is 0 Å². The first kappa shape index (κ1) is 13.9. The van der Waals surface area contributed by atoms with Gasteiger partial charge in [0.25, 0.3) is 0 Å². The molecule has 0 saturated carbocycles. The van der Waals surface area contributed by atoms with Crippen LogP contribution in [0.4, 0.5) is 4.39 Å². The minimum atomic E-state index is -0.302. The van der Waals surface area contributed by atoms with Crippen LogP contribution in [0.25, 0.3) is 0 Å². The summed E-state index contributed by atoms with van der Waals surface area (Å²) in [5.41, 5.74) is 5.27. The van der Waals surface area contributed by atoms with E-state index in [1.165, 1.54) is 6.07 Å². The van der Waals surface area contributed by atoms with Gasteiger partial charge in [0.15, 0.2) is 0 Å². The van der Waals surface area contributed by atoms with Gasteiger partial charge < -0.3 is 0 Å². The fraction of sp³-hybridized carbons (Fsp3) is 0.333. The van der Waals surface area contributed by atoms with E-state index in [0.29, 0.717) is 6.42 Å². The Bertz CT molecular complexity index is 745. The zero-order valence-electron chi connectivity index (χ0n) is 12.9. The molecule has 108 valence electrons. The number of hydrogen-bond acceptors (Lipinski definition) is 2. The third kappa shape index (κ3) is 2.48. The minimum Gasteiger partial charge on any atom is -0.278 e. The lowest BCUT2D eigenvalue weighted by molar-refractivity contribution is 0.492. The van der Waals surface area contributed by atoms with Crippen LogP contribution in [-0.4, -0.2) is 16.2 Å². The smallest absolute Gasteiger partial charge is 0.127 e. The highest BCUT2D eigenvalue weighted by Crippen LogP contribution is 2.31. The lowest BCUT2D eigenvalue weighted by Gasteiger charge is -2.29. The summed E-state index contributed by atoms with van der Waals surface area (Å²) >= 11 is 0. The molecule has 21 heavy (non-hydrogen) atoms. The average Bonchev–Trinajstić information content (AvgIpc) is 2.42. The second-order valence-electron chi connectivity index (χ2n) is 6.34. The van der Waals surface area contributed by atoms with Crippen LogP contribution in [0.3, 0.4) is 0 Å². The summed E-state index contributed by atoms with van der Waals surface area (Å²) in [7, 11) is 0. The van der Waals surface area contributed by atoms with E-state index >= 15 is 0 Å². The van der Waals surface area contributed by atoms with E-state index in [-0.39, 0.29) is 11.4 Å². The van der Waals surface area contributed by atoms with Crippen molar-refractivity contribution in [2.45, 2.75) is 39.7 Å². The van der Waals surface area contributed by atoms with Crippen molar-refractivity contribution in [1.82, 2.24) is 4.98 Å². The Balaban J connectivity index is 2.23. The molecular formula is C18H19FN2. The minimum absolute atomic E-state index is 0.148. The van der Waals surface area contributed by atoms with Crippen LogP contribution in [0, 0.1) is 19.7 Å². The Labute approximate surface area is 124 Å². The summed E-state index contributed by atoms with van der Waals surface area (Å²) in [6.45, 7) is 8.10. The molecule has 0 unspecified atom stereocenters. The predicted octanol–water partition coefficient (Wildman–Crippen LogP) is 4.01. The van der Waals surface area contributed by atoms with Gasteiger partial charge in [-0.3, -0.25) is 9.98 Å². The SMILES string of the molecule is Cc1cc(C2=NC(C)(C)Cc3c(F)cccc32)cnc1C. The number of benzene rings is 1. The number of rotatable bonds is 1. The first-order chi connectivity index (χ1) is 9.87. The summed E-state index contributed by atoms with van der Waals surface area (Å²) in [6.07, 6.45) is 2.45. The van der Waals surface area contributed by atoms with Crippen LogP contribution in [-0.2, 0) is 6.42 Å². The van der Waals surface area contributed by atoms with E-state index in [4.69, 9.17) is 4.99 Å². The summed E-state index contributed by atoms with van der Waals surface area (Å²) in [4.78, 5) is 9.27. The van der Waals surface area contributed by atoms with Crippen LogP contribution >= 0.6 is 0 Å². The van der Waals surface area contributed by atoms with Crippen molar-refractivity contribution in [3.05, 3.63) is 64.2 Å². The van der Waals surface area contributed by atoms with Crippen molar-refractivity contribution in [3.63, 3.8) is 0 Å². The lowest BCUT2D eigenvalue weighted by Crippen LogP contribution is -2.30. The molecule has 1 aliphatic heterocycles. The zero-order chi connectivity index (χ0) is 15.2. The molecule has 0 N–H and O–H groups in total. The fourth-order valence-corrected chi connectivity index (χ4v) is 2.79. The highest BCUT2D eigenvalue weighted by Gasteiger charge is 2.29. The predicted molar refractivity (Wildman–Crippen MR) is 83.5 cm³/mol. The molecule has 0 spiro atoms. The van der Waals surface area contributed by atoms with E-state index in [2.05, 4.69) is 11.1 Å². The molecule has 2 nitrogen and oxygen atoms in total. The fourth-order valence-electron chi connectivity index (χ4n) is 2.79. The van der Waals surface area contributed by atoms with Crippen molar-refractivity contribution in [2.75, 3.05) is 0 Å². The van der Waals surface area contributed by atoms with Crippen LogP contribution in [0.1, 0.15) is 41.8 Å². The Morgan fingerprint density at radius 1 is 1.19 bits per heavy atom. The molecule has 0 atom stereocenters. The number of aliphatic imine (C=N–C) groups is 1. The van der Waals surface area contributed by atoms with Crippen molar-refractivity contribution in [2.24, 2.45) is 4.99 Å². The van der Waals surface area contributed by atoms with Crippen molar-refractivity contribution in [1.29, 1.82) is 0 Å². The number of nitrogens with zero attached hydrogens (tertiary/aromatic N) is 2. The standard InChI is InChI=1S/C18H19FN2/c1-11-8-13(10-20-12(11)2)17-14-6-5-7-16(19)15(14)9-18(3,4)21-17/h5-8,10H,9H2,1-4H3. The molecule has 2 heterocycles. The van der Waals surface area contributed by atoms with Gasteiger partial charge in [0.05, 0.1) is 11.3 Å². The molecular weight excluding hydrogens is 263 g/mol. The monoisotopic (exact) mass is 282 g/mol. The Morgan fingerprint density at radius 3 is 2.67 bits per heavy atom. The number of fused-ring (bicyclic) bond motifs is 1. The Hall–Kier alpha value is -2.03. The summed E-state index contributed by atoms with van der Waals surface area (Å²) in [5, 5.41) is 0. The van der Waals surface area contributed by atoms with Crippen LogP contribution in [0.2, 0.25) is 0 Å². The number of hydrogen-bond donors (Lipinski definition) is 0. The van der Waals surface area contributed by atoms with E-state index in [9.17, 15) is 4.39 Å². The van der Waals surface area contributed by atoms with Crippen LogP contribution in [0.15, 0.2) is 35.5 Å². The first-order valence-electron chi connectivity index (χ1n) is 7.19.